The zero-order chi connectivity index (χ0) is 15.8. The summed E-state index contributed by atoms with van der Waals surface area (Å²) in [5.41, 5.74) is 1.79. The minimum absolute atomic E-state index is 0.232. The first-order valence-electron chi connectivity index (χ1n) is 7.03. The van der Waals surface area contributed by atoms with Crippen molar-refractivity contribution in [3.63, 3.8) is 0 Å². The Bertz CT molecular complexity index is 628. The van der Waals surface area contributed by atoms with E-state index in [4.69, 9.17) is 16.3 Å². The van der Waals surface area contributed by atoms with Crippen LogP contribution in [-0.2, 0) is 11.3 Å². The highest BCUT2D eigenvalue weighted by atomic mass is 35.5. The van der Waals surface area contributed by atoms with Gasteiger partial charge in [-0.1, -0.05) is 66.2 Å². The van der Waals surface area contributed by atoms with Gasteiger partial charge in [-0.2, -0.15) is 0 Å². The molecule has 22 heavy (non-hydrogen) atoms. The van der Waals surface area contributed by atoms with Crippen LogP contribution < -0.4 is 5.32 Å². The number of alkyl carbamates (subject to hydrolysis) is 1. The van der Waals surface area contributed by atoms with Crippen LogP contribution in [0.4, 0.5) is 4.79 Å². The van der Waals surface area contributed by atoms with Crippen molar-refractivity contribution < 1.29 is 9.53 Å². The Morgan fingerprint density at radius 2 is 1.86 bits per heavy atom. The van der Waals surface area contributed by atoms with Crippen molar-refractivity contribution in [1.29, 1.82) is 0 Å². The van der Waals surface area contributed by atoms with Crippen molar-refractivity contribution in [3.8, 4) is 0 Å². The number of halogens is 1. The van der Waals surface area contributed by atoms with E-state index >= 15 is 0 Å². The van der Waals surface area contributed by atoms with E-state index < -0.39 is 6.09 Å². The molecule has 1 N–H and O–H groups in total. The highest BCUT2D eigenvalue weighted by molar-refractivity contribution is 6.31. The van der Waals surface area contributed by atoms with Crippen LogP contribution in [0.1, 0.15) is 23.6 Å². The summed E-state index contributed by atoms with van der Waals surface area (Å²) in [6, 6.07) is 16.7. The van der Waals surface area contributed by atoms with Gasteiger partial charge in [-0.25, -0.2) is 4.79 Å². The normalized spacial score (nSPS) is 11.5. The molecule has 0 saturated carbocycles. The third kappa shape index (κ3) is 4.64. The molecule has 2 rings (SSSR count). The molecule has 0 aliphatic carbocycles. The Morgan fingerprint density at radius 3 is 2.55 bits per heavy atom. The number of carbonyl (C=O) groups excluding carboxylic acids is 1. The Balaban J connectivity index is 1.97. The Kier molecular flexibility index (Phi) is 6.04. The van der Waals surface area contributed by atoms with Crippen molar-refractivity contribution in [3.05, 3.63) is 83.4 Å². The molecule has 0 radical (unpaired) electrons. The first-order valence-corrected chi connectivity index (χ1v) is 7.41. The van der Waals surface area contributed by atoms with E-state index in [9.17, 15) is 4.79 Å². The maximum atomic E-state index is 12.0. The fourth-order valence-corrected chi connectivity index (χ4v) is 2.36. The molecule has 1 amide bonds. The smallest absolute Gasteiger partial charge is 0.407 e. The van der Waals surface area contributed by atoms with E-state index in [2.05, 4.69) is 11.9 Å². The van der Waals surface area contributed by atoms with Crippen molar-refractivity contribution in [1.82, 2.24) is 5.32 Å². The van der Waals surface area contributed by atoms with Crippen molar-refractivity contribution in [2.45, 2.75) is 19.1 Å². The molecular formula is C18H18ClNO2. The number of hydrogen-bond donors (Lipinski definition) is 1. The van der Waals surface area contributed by atoms with E-state index in [-0.39, 0.29) is 12.6 Å². The molecule has 1 unspecified atom stereocenters. The molecule has 0 saturated heterocycles. The Morgan fingerprint density at radius 1 is 1.18 bits per heavy atom. The number of benzene rings is 2. The molecule has 3 nitrogen and oxygen atoms in total. The summed E-state index contributed by atoms with van der Waals surface area (Å²) in [5, 5.41) is 3.44. The summed E-state index contributed by atoms with van der Waals surface area (Å²) in [5.74, 6) is 0. The molecule has 0 aromatic heterocycles. The molecule has 0 aliphatic heterocycles. The largest absolute Gasteiger partial charge is 0.445 e. The second-order valence-electron chi connectivity index (χ2n) is 4.80. The van der Waals surface area contributed by atoms with Crippen LogP contribution in [-0.4, -0.2) is 6.09 Å². The standard InChI is InChI=1S/C18H18ClNO2/c1-2-8-17(15-11-6-7-12-16(15)19)20-18(21)22-13-14-9-4-3-5-10-14/h2-7,9-12,17H,1,8,13H2,(H,20,21). The minimum atomic E-state index is -0.476. The first-order chi connectivity index (χ1) is 10.7. The number of nitrogens with one attached hydrogen (secondary N) is 1. The molecule has 0 bridgehead atoms. The molecule has 114 valence electrons. The second kappa shape index (κ2) is 8.25. The summed E-state index contributed by atoms with van der Waals surface area (Å²) in [7, 11) is 0. The van der Waals surface area contributed by atoms with Gasteiger partial charge in [0.1, 0.15) is 6.61 Å². The summed E-state index contributed by atoms with van der Waals surface area (Å²) in [4.78, 5) is 12.0. The lowest BCUT2D eigenvalue weighted by Crippen LogP contribution is -2.29. The molecule has 0 aliphatic rings. The highest BCUT2D eigenvalue weighted by Gasteiger charge is 2.16. The molecule has 4 heteroatoms. The summed E-state index contributed by atoms with van der Waals surface area (Å²) < 4.78 is 5.24. The Hall–Kier alpha value is -2.26. The van der Waals surface area contributed by atoms with Gasteiger partial charge in [-0.15, -0.1) is 6.58 Å². The fraction of sp³-hybridized carbons (Fsp3) is 0.167. The van der Waals surface area contributed by atoms with Gasteiger partial charge in [0.2, 0.25) is 0 Å². The third-order valence-electron chi connectivity index (χ3n) is 3.19. The number of carbonyl (C=O) groups is 1. The SMILES string of the molecule is C=CCC(NC(=O)OCc1ccccc1)c1ccccc1Cl. The Labute approximate surface area is 135 Å². The van der Waals surface area contributed by atoms with E-state index in [0.717, 1.165) is 11.1 Å². The van der Waals surface area contributed by atoms with E-state index in [1.165, 1.54) is 0 Å². The van der Waals surface area contributed by atoms with Gasteiger partial charge in [0.15, 0.2) is 0 Å². The predicted octanol–water partition coefficient (Wildman–Crippen LogP) is 4.88. The van der Waals surface area contributed by atoms with Crippen LogP contribution in [0.3, 0.4) is 0 Å². The summed E-state index contributed by atoms with van der Waals surface area (Å²) >= 11 is 6.18. The van der Waals surface area contributed by atoms with Gasteiger partial charge in [0.05, 0.1) is 6.04 Å². The van der Waals surface area contributed by atoms with Gasteiger partial charge in [0.25, 0.3) is 0 Å². The fourth-order valence-electron chi connectivity index (χ4n) is 2.10. The molecule has 0 heterocycles. The number of hydrogen-bond acceptors (Lipinski definition) is 2. The van der Waals surface area contributed by atoms with Gasteiger partial charge in [-0.05, 0) is 23.6 Å². The quantitative estimate of drug-likeness (QED) is 0.771. The maximum Gasteiger partial charge on any atom is 0.407 e. The lowest BCUT2D eigenvalue weighted by molar-refractivity contribution is 0.135. The van der Waals surface area contributed by atoms with Crippen LogP contribution >= 0.6 is 11.6 Å². The van der Waals surface area contributed by atoms with E-state index in [0.29, 0.717) is 11.4 Å². The molecule has 2 aromatic carbocycles. The minimum Gasteiger partial charge on any atom is -0.445 e. The average Bonchev–Trinajstić information content (AvgIpc) is 2.54. The average molecular weight is 316 g/mol. The van der Waals surface area contributed by atoms with Crippen molar-refractivity contribution >= 4 is 17.7 Å². The molecule has 0 spiro atoms. The van der Waals surface area contributed by atoms with Crippen molar-refractivity contribution in [2.75, 3.05) is 0 Å². The second-order valence-corrected chi connectivity index (χ2v) is 5.21. The topological polar surface area (TPSA) is 38.3 Å². The van der Waals surface area contributed by atoms with Crippen molar-refractivity contribution in [2.24, 2.45) is 0 Å². The number of ether oxygens (including phenoxy) is 1. The van der Waals surface area contributed by atoms with Crippen LogP contribution in [0.2, 0.25) is 5.02 Å². The van der Waals surface area contributed by atoms with Gasteiger partial charge in [0, 0.05) is 5.02 Å². The van der Waals surface area contributed by atoms with Crippen LogP contribution in [0, 0.1) is 0 Å². The number of amides is 1. The van der Waals surface area contributed by atoms with E-state index in [1.807, 2.05) is 48.5 Å². The zero-order valence-electron chi connectivity index (χ0n) is 12.2. The zero-order valence-corrected chi connectivity index (χ0v) is 12.9. The number of rotatable bonds is 6. The van der Waals surface area contributed by atoms with E-state index in [1.54, 1.807) is 12.1 Å². The van der Waals surface area contributed by atoms with Gasteiger partial charge in [-0.3, -0.25) is 0 Å². The summed E-state index contributed by atoms with van der Waals surface area (Å²) in [6.45, 7) is 3.95. The predicted molar refractivity (Wildman–Crippen MR) is 88.8 cm³/mol. The lowest BCUT2D eigenvalue weighted by Gasteiger charge is -2.18. The monoisotopic (exact) mass is 315 g/mol. The third-order valence-corrected chi connectivity index (χ3v) is 3.53. The van der Waals surface area contributed by atoms with Gasteiger partial charge >= 0.3 is 6.09 Å². The van der Waals surface area contributed by atoms with Gasteiger partial charge < -0.3 is 10.1 Å². The molecule has 1 atom stereocenters. The molecule has 0 fully saturated rings. The summed E-state index contributed by atoms with van der Waals surface area (Å²) in [6.07, 6.45) is 1.84. The molecule has 2 aromatic rings. The lowest BCUT2D eigenvalue weighted by atomic mass is 10.0. The maximum absolute atomic E-state index is 12.0. The van der Waals surface area contributed by atoms with Crippen LogP contribution in [0.15, 0.2) is 67.3 Å². The highest BCUT2D eigenvalue weighted by Crippen LogP contribution is 2.25. The van der Waals surface area contributed by atoms with Crippen LogP contribution in [0.25, 0.3) is 0 Å². The molecular weight excluding hydrogens is 298 g/mol. The van der Waals surface area contributed by atoms with Crippen LogP contribution in [0.5, 0.6) is 0 Å². The first kappa shape index (κ1) is 16.1.